The number of carbonyl (C=O) groups is 2. The van der Waals surface area contributed by atoms with Gasteiger partial charge in [-0.3, -0.25) is 14.8 Å². The first-order valence-electron chi connectivity index (χ1n) is 10.1. The number of carboxylic acids is 1. The van der Waals surface area contributed by atoms with E-state index in [9.17, 15) is 14.7 Å². The minimum atomic E-state index is -0.958. The molecule has 0 bridgehead atoms. The number of fused-ring (bicyclic) bond motifs is 2. The van der Waals surface area contributed by atoms with Crippen LogP contribution in [0.5, 0.6) is 0 Å². The molecule has 4 aromatic rings. The summed E-state index contributed by atoms with van der Waals surface area (Å²) in [7, 11) is 0. The Morgan fingerprint density at radius 2 is 1.81 bits per heavy atom. The Morgan fingerprint density at radius 3 is 2.61 bits per heavy atom. The van der Waals surface area contributed by atoms with Gasteiger partial charge in [0.1, 0.15) is 11.1 Å². The number of aromatic carboxylic acids is 1. The molecule has 9 nitrogen and oxygen atoms in total. The molecular weight excluding hydrogens is 398 g/mol. The zero-order valence-electron chi connectivity index (χ0n) is 16.7. The summed E-state index contributed by atoms with van der Waals surface area (Å²) in [5, 5.41) is 22.3. The number of aromatic amines is 2. The van der Waals surface area contributed by atoms with Crippen molar-refractivity contribution >= 4 is 33.8 Å². The number of aromatic nitrogens is 4. The molecule has 1 fully saturated rings. The molecule has 160 valence electrons. The summed E-state index contributed by atoms with van der Waals surface area (Å²) in [5.74, 6) is -1.11. The molecule has 0 aromatic carbocycles. The number of hydrogen-bond acceptors (Lipinski definition) is 5. The van der Waals surface area contributed by atoms with Crippen LogP contribution in [0.4, 0.5) is 0 Å². The van der Waals surface area contributed by atoms with Crippen LogP contribution >= 0.6 is 0 Å². The first-order valence-corrected chi connectivity index (χ1v) is 10.1. The molecule has 9 heteroatoms. The number of amides is 1. The Bertz CT molecular complexity index is 1210. The summed E-state index contributed by atoms with van der Waals surface area (Å²) >= 11 is 0. The van der Waals surface area contributed by atoms with E-state index in [-0.39, 0.29) is 17.5 Å². The molecule has 2 atom stereocenters. The number of carbonyl (C=O) groups excluding carboxylic acids is 1. The van der Waals surface area contributed by atoms with Gasteiger partial charge < -0.3 is 25.5 Å². The topological polar surface area (TPSA) is 144 Å². The first kappa shape index (κ1) is 20.5. The van der Waals surface area contributed by atoms with Crippen molar-refractivity contribution in [3.8, 4) is 0 Å². The van der Waals surface area contributed by atoms with E-state index in [1.807, 2.05) is 6.07 Å². The van der Waals surface area contributed by atoms with Gasteiger partial charge in [-0.1, -0.05) is 12.8 Å². The molecule has 0 radical (unpaired) electrons. The van der Waals surface area contributed by atoms with Crippen molar-refractivity contribution < 1.29 is 19.8 Å². The minimum absolute atomic E-state index is 0.136. The number of rotatable bonds is 3. The number of aliphatic hydroxyl groups is 1. The van der Waals surface area contributed by atoms with Gasteiger partial charge in [0.05, 0.1) is 23.2 Å². The van der Waals surface area contributed by atoms with E-state index < -0.39 is 12.1 Å². The standard InChI is InChI=1S/C14H17N3O2.C8H6N2O2/c18-13-4-2-1-3-12(13)17-14(19)10-8-16-11-5-6-15-7-9(10)11;11-8(12)5-4-10-6-2-1-3-9-7(5)6/h5-8,12-13,16,18H,1-4H2,(H,17,19);1-4,10H,(H,11,12)/t12-,13-;/m1./s1. The molecule has 1 aliphatic carbocycles. The van der Waals surface area contributed by atoms with Gasteiger partial charge in [0.15, 0.2) is 0 Å². The molecular formula is C22H23N5O4. The lowest BCUT2D eigenvalue weighted by atomic mass is 9.92. The van der Waals surface area contributed by atoms with Crippen LogP contribution < -0.4 is 5.32 Å². The molecule has 4 heterocycles. The van der Waals surface area contributed by atoms with Crippen molar-refractivity contribution in [1.82, 2.24) is 25.3 Å². The van der Waals surface area contributed by atoms with Crippen LogP contribution in [0.2, 0.25) is 0 Å². The van der Waals surface area contributed by atoms with Gasteiger partial charge in [-0.2, -0.15) is 0 Å². The van der Waals surface area contributed by atoms with Gasteiger partial charge in [0.25, 0.3) is 5.91 Å². The fourth-order valence-corrected chi connectivity index (χ4v) is 3.79. The maximum atomic E-state index is 12.3. The fraction of sp³-hybridized carbons (Fsp3) is 0.273. The SMILES string of the molecule is O=C(N[C@@H]1CCCC[C@H]1O)c1c[nH]c2ccncc12.O=C(O)c1c[nH]c2cccnc12. The quantitative estimate of drug-likeness (QED) is 0.344. The van der Waals surface area contributed by atoms with Gasteiger partial charge in [0.2, 0.25) is 0 Å². The highest BCUT2D eigenvalue weighted by Crippen LogP contribution is 2.21. The number of aliphatic hydroxyl groups excluding tert-OH is 1. The second-order valence-electron chi connectivity index (χ2n) is 7.46. The molecule has 0 aliphatic heterocycles. The first-order chi connectivity index (χ1) is 15.0. The van der Waals surface area contributed by atoms with Crippen LogP contribution in [0.3, 0.4) is 0 Å². The smallest absolute Gasteiger partial charge is 0.339 e. The Labute approximate surface area is 177 Å². The normalized spacial score (nSPS) is 18.4. The number of nitrogens with one attached hydrogen (secondary N) is 3. The summed E-state index contributed by atoms with van der Waals surface area (Å²) in [6, 6.07) is 5.24. The second-order valence-corrected chi connectivity index (χ2v) is 7.46. The predicted octanol–water partition coefficient (Wildman–Crippen LogP) is 2.86. The summed E-state index contributed by atoms with van der Waals surface area (Å²) in [4.78, 5) is 36.8. The maximum absolute atomic E-state index is 12.3. The highest BCUT2D eigenvalue weighted by molar-refractivity contribution is 6.06. The lowest BCUT2D eigenvalue weighted by Gasteiger charge is -2.28. The van der Waals surface area contributed by atoms with Crippen LogP contribution in [-0.4, -0.2) is 54.2 Å². The van der Waals surface area contributed by atoms with E-state index in [2.05, 4.69) is 25.3 Å². The third-order valence-corrected chi connectivity index (χ3v) is 5.44. The van der Waals surface area contributed by atoms with E-state index in [0.29, 0.717) is 11.1 Å². The summed E-state index contributed by atoms with van der Waals surface area (Å²) in [6.45, 7) is 0. The molecule has 0 saturated heterocycles. The average Bonchev–Trinajstić information content (AvgIpc) is 3.40. The highest BCUT2D eigenvalue weighted by atomic mass is 16.4. The van der Waals surface area contributed by atoms with Crippen LogP contribution in [0.1, 0.15) is 46.4 Å². The monoisotopic (exact) mass is 421 g/mol. The van der Waals surface area contributed by atoms with Gasteiger partial charge in [-0.25, -0.2) is 4.79 Å². The minimum Gasteiger partial charge on any atom is -0.478 e. The van der Waals surface area contributed by atoms with E-state index in [1.54, 1.807) is 36.9 Å². The molecule has 0 unspecified atom stereocenters. The van der Waals surface area contributed by atoms with Crippen molar-refractivity contribution in [2.24, 2.45) is 0 Å². The van der Waals surface area contributed by atoms with Gasteiger partial charge in [-0.05, 0) is 31.0 Å². The zero-order chi connectivity index (χ0) is 21.8. The van der Waals surface area contributed by atoms with E-state index in [4.69, 9.17) is 5.11 Å². The Hall–Kier alpha value is -3.72. The van der Waals surface area contributed by atoms with Crippen molar-refractivity contribution in [2.75, 3.05) is 0 Å². The number of hydrogen-bond donors (Lipinski definition) is 5. The third-order valence-electron chi connectivity index (χ3n) is 5.44. The summed E-state index contributed by atoms with van der Waals surface area (Å²) in [6.07, 6.45) is 11.3. The molecule has 5 rings (SSSR count). The Balaban J connectivity index is 0.000000166. The van der Waals surface area contributed by atoms with E-state index in [1.165, 1.54) is 6.20 Å². The Kier molecular flexibility index (Phi) is 5.94. The molecule has 0 spiro atoms. The van der Waals surface area contributed by atoms with Crippen molar-refractivity contribution in [3.05, 3.63) is 60.3 Å². The molecule has 1 aliphatic rings. The van der Waals surface area contributed by atoms with Gasteiger partial charge in [0, 0.05) is 41.9 Å². The average molecular weight is 421 g/mol. The lowest BCUT2D eigenvalue weighted by Crippen LogP contribution is -2.45. The summed E-state index contributed by atoms with van der Waals surface area (Å²) in [5.41, 5.74) is 2.94. The van der Waals surface area contributed by atoms with Crippen molar-refractivity contribution in [1.29, 1.82) is 0 Å². The highest BCUT2D eigenvalue weighted by Gasteiger charge is 2.25. The second kappa shape index (κ2) is 8.97. The van der Waals surface area contributed by atoms with E-state index >= 15 is 0 Å². The number of H-pyrrole nitrogens is 2. The fourth-order valence-electron chi connectivity index (χ4n) is 3.79. The zero-order valence-corrected chi connectivity index (χ0v) is 16.7. The number of nitrogens with zero attached hydrogens (tertiary/aromatic N) is 2. The molecule has 1 amide bonds. The van der Waals surface area contributed by atoms with Crippen LogP contribution in [0.25, 0.3) is 21.9 Å². The summed E-state index contributed by atoms with van der Waals surface area (Å²) < 4.78 is 0. The predicted molar refractivity (Wildman–Crippen MR) is 115 cm³/mol. The van der Waals surface area contributed by atoms with Crippen LogP contribution in [0.15, 0.2) is 49.2 Å². The Morgan fingerprint density at radius 1 is 1.03 bits per heavy atom. The van der Waals surface area contributed by atoms with Gasteiger partial charge >= 0.3 is 5.97 Å². The number of pyridine rings is 2. The lowest BCUT2D eigenvalue weighted by molar-refractivity contribution is 0.0698. The molecule has 31 heavy (non-hydrogen) atoms. The van der Waals surface area contributed by atoms with E-state index in [0.717, 1.165) is 42.1 Å². The maximum Gasteiger partial charge on any atom is 0.339 e. The third kappa shape index (κ3) is 4.41. The molecule has 1 saturated carbocycles. The van der Waals surface area contributed by atoms with Crippen LogP contribution in [-0.2, 0) is 0 Å². The van der Waals surface area contributed by atoms with Gasteiger partial charge in [-0.15, -0.1) is 0 Å². The van der Waals surface area contributed by atoms with Crippen molar-refractivity contribution in [3.63, 3.8) is 0 Å². The van der Waals surface area contributed by atoms with Crippen molar-refractivity contribution in [2.45, 2.75) is 37.8 Å². The molecule has 4 aromatic heterocycles. The largest absolute Gasteiger partial charge is 0.478 e. The van der Waals surface area contributed by atoms with Crippen LogP contribution in [0, 0.1) is 0 Å². The molecule has 5 N–H and O–H groups in total. The number of carboxylic acid groups (broad SMARTS) is 1.